The molecule has 1 heterocycles. The minimum absolute atomic E-state index is 0.461. The van der Waals surface area contributed by atoms with Gasteiger partial charge in [0.05, 0.1) is 11.4 Å². The molecule has 0 radical (unpaired) electrons. The molecule has 0 atom stereocenters. The molecule has 0 aliphatic carbocycles. The van der Waals surface area contributed by atoms with Crippen LogP contribution in [0.2, 0.25) is 5.02 Å². The van der Waals surface area contributed by atoms with Gasteiger partial charge in [-0.25, -0.2) is 9.78 Å². The van der Waals surface area contributed by atoms with Crippen LogP contribution in [-0.2, 0) is 4.74 Å². The summed E-state index contributed by atoms with van der Waals surface area (Å²) >= 11 is 7.32. The predicted octanol–water partition coefficient (Wildman–Crippen LogP) is 4.39. The standard InChI is InChI=1S/C14H16ClN3O2S/c1-14(2,3)20-13(19)18-10-6-8(15)4-5-9(10)11-7-21-12(16)17-11/h4-7H,1-3H3,(H2,16,17)(H,18,19). The smallest absolute Gasteiger partial charge is 0.412 e. The maximum absolute atomic E-state index is 11.9. The summed E-state index contributed by atoms with van der Waals surface area (Å²) in [6, 6.07) is 5.16. The number of nitrogens with zero attached hydrogens (tertiary/aromatic N) is 1. The normalized spacial score (nSPS) is 11.2. The molecular weight excluding hydrogens is 310 g/mol. The van der Waals surface area contributed by atoms with E-state index in [1.807, 2.05) is 5.38 Å². The number of carbonyl (C=O) groups is 1. The number of amides is 1. The summed E-state index contributed by atoms with van der Waals surface area (Å²) < 4.78 is 5.24. The molecule has 0 aliphatic rings. The monoisotopic (exact) mass is 325 g/mol. The van der Waals surface area contributed by atoms with E-state index in [0.29, 0.717) is 21.5 Å². The molecule has 3 N–H and O–H groups in total. The van der Waals surface area contributed by atoms with Gasteiger partial charge in [0.15, 0.2) is 5.13 Å². The summed E-state index contributed by atoms with van der Waals surface area (Å²) in [6.45, 7) is 5.39. The van der Waals surface area contributed by atoms with E-state index in [9.17, 15) is 4.79 Å². The Balaban J connectivity index is 2.30. The number of hydrogen-bond donors (Lipinski definition) is 2. The van der Waals surface area contributed by atoms with Crippen molar-refractivity contribution in [1.29, 1.82) is 0 Å². The molecule has 2 rings (SSSR count). The third-order valence-corrected chi connectivity index (χ3v) is 3.32. The van der Waals surface area contributed by atoms with Crippen molar-refractivity contribution < 1.29 is 9.53 Å². The average molecular weight is 326 g/mol. The average Bonchev–Trinajstić information content (AvgIpc) is 2.73. The number of nitrogens with two attached hydrogens (primary N) is 1. The number of ether oxygens (including phenoxy) is 1. The molecular formula is C14H16ClN3O2S. The topological polar surface area (TPSA) is 77.2 Å². The number of anilines is 2. The van der Waals surface area contributed by atoms with Crippen molar-refractivity contribution in [2.75, 3.05) is 11.1 Å². The van der Waals surface area contributed by atoms with Crippen LogP contribution in [0.25, 0.3) is 11.3 Å². The van der Waals surface area contributed by atoms with E-state index < -0.39 is 11.7 Å². The second-order valence-electron chi connectivity index (χ2n) is 5.39. The Bertz CT molecular complexity index is 664. The number of nitrogen functional groups attached to an aromatic ring is 1. The summed E-state index contributed by atoms with van der Waals surface area (Å²) in [6.07, 6.45) is -0.547. The zero-order valence-electron chi connectivity index (χ0n) is 11.9. The fraction of sp³-hybridized carbons (Fsp3) is 0.286. The summed E-state index contributed by atoms with van der Waals surface area (Å²) in [5.74, 6) is 0. The van der Waals surface area contributed by atoms with Crippen molar-refractivity contribution in [2.24, 2.45) is 0 Å². The largest absolute Gasteiger partial charge is 0.444 e. The Labute approximate surface area is 132 Å². The molecule has 1 amide bonds. The SMILES string of the molecule is CC(C)(C)OC(=O)Nc1cc(Cl)ccc1-c1csc(N)n1. The van der Waals surface area contributed by atoms with Gasteiger partial charge in [-0.15, -0.1) is 11.3 Å². The predicted molar refractivity (Wildman–Crippen MR) is 86.8 cm³/mol. The molecule has 5 nitrogen and oxygen atoms in total. The molecule has 0 bridgehead atoms. The van der Waals surface area contributed by atoms with Gasteiger partial charge in [-0.3, -0.25) is 5.32 Å². The van der Waals surface area contributed by atoms with Crippen molar-refractivity contribution in [3.05, 3.63) is 28.6 Å². The Morgan fingerprint density at radius 2 is 2.14 bits per heavy atom. The van der Waals surface area contributed by atoms with Crippen LogP contribution in [-0.4, -0.2) is 16.7 Å². The summed E-state index contributed by atoms with van der Waals surface area (Å²) in [7, 11) is 0. The number of nitrogens with one attached hydrogen (secondary N) is 1. The van der Waals surface area contributed by atoms with Crippen molar-refractivity contribution in [1.82, 2.24) is 4.98 Å². The molecule has 21 heavy (non-hydrogen) atoms. The molecule has 1 aromatic heterocycles. The van der Waals surface area contributed by atoms with Crippen LogP contribution in [0.4, 0.5) is 15.6 Å². The highest BCUT2D eigenvalue weighted by Gasteiger charge is 2.18. The molecule has 0 fully saturated rings. The lowest BCUT2D eigenvalue weighted by Gasteiger charge is -2.20. The number of carbonyl (C=O) groups excluding carboxylic acids is 1. The van der Waals surface area contributed by atoms with E-state index in [1.54, 1.807) is 39.0 Å². The number of thiazole rings is 1. The van der Waals surface area contributed by atoms with Crippen molar-refractivity contribution in [3.8, 4) is 11.3 Å². The second-order valence-corrected chi connectivity index (χ2v) is 6.71. The fourth-order valence-corrected chi connectivity index (χ4v) is 2.40. The Kier molecular flexibility index (Phi) is 4.39. The lowest BCUT2D eigenvalue weighted by molar-refractivity contribution is 0.0636. The number of halogens is 1. The number of hydrogen-bond acceptors (Lipinski definition) is 5. The van der Waals surface area contributed by atoms with Gasteiger partial charge in [0.1, 0.15) is 5.60 Å². The first kappa shape index (κ1) is 15.6. The van der Waals surface area contributed by atoms with Gasteiger partial charge in [0.25, 0.3) is 0 Å². The molecule has 0 spiro atoms. The zero-order chi connectivity index (χ0) is 15.6. The van der Waals surface area contributed by atoms with Gasteiger partial charge in [-0.2, -0.15) is 0 Å². The van der Waals surface area contributed by atoms with E-state index in [1.165, 1.54) is 11.3 Å². The van der Waals surface area contributed by atoms with E-state index in [2.05, 4.69) is 10.3 Å². The van der Waals surface area contributed by atoms with Crippen molar-refractivity contribution in [3.63, 3.8) is 0 Å². The number of rotatable bonds is 2. The fourth-order valence-electron chi connectivity index (χ4n) is 1.67. The summed E-state index contributed by atoms with van der Waals surface area (Å²) in [5, 5.41) is 5.48. The first-order chi connectivity index (χ1) is 9.74. The van der Waals surface area contributed by atoms with Gasteiger partial charge < -0.3 is 10.5 Å². The van der Waals surface area contributed by atoms with Crippen LogP contribution < -0.4 is 11.1 Å². The van der Waals surface area contributed by atoms with E-state index in [-0.39, 0.29) is 0 Å². The van der Waals surface area contributed by atoms with Gasteiger partial charge in [-0.1, -0.05) is 11.6 Å². The molecule has 2 aromatic rings. The molecule has 0 unspecified atom stereocenters. The highest BCUT2D eigenvalue weighted by molar-refractivity contribution is 7.13. The lowest BCUT2D eigenvalue weighted by Crippen LogP contribution is -2.27. The van der Waals surface area contributed by atoms with E-state index in [4.69, 9.17) is 22.1 Å². The summed E-state index contributed by atoms with van der Waals surface area (Å²) in [4.78, 5) is 16.1. The van der Waals surface area contributed by atoms with Crippen molar-refractivity contribution >= 4 is 39.8 Å². The minimum Gasteiger partial charge on any atom is -0.444 e. The summed E-state index contributed by atoms with van der Waals surface area (Å²) in [5.41, 5.74) is 7.02. The van der Waals surface area contributed by atoms with Gasteiger partial charge in [0.2, 0.25) is 0 Å². The maximum Gasteiger partial charge on any atom is 0.412 e. The third kappa shape index (κ3) is 4.34. The number of benzene rings is 1. The molecule has 112 valence electrons. The molecule has 1 aromatic carbocycles. The zero-order valence-corrected chi connectivity index (χ0v) is 13.5. The van der Waals surface area contributed by atoms with Gasteiger partial charge >= 0.3 is 6.09 Å². The quantitative estimate of drug-likeness (QED) is 0.858. The van der Waals surface area contributed by atoms with Crippen LogP contribution in [0.15, 0.2) is 23.6 Å². The Hall–Kier alpha value is -1.79. The van der Waals surface area contributed by atoms with Crippen molar-refractivity contribution in [2.45, 2.75) is 26.4 Å². The highest BCUT2D eigenvalue weighted by atomic mass is 35.5. The van der Waals surface area contributed by atoms with Gasteiger partial charge in [-0.05, 0) is 39.0 Å². The molecule has 0 saturated carbocycles. The van der Waals surface area contributed by atoms with E-state index >= 15 is 0 Å². The second kappa shape index (κ2) is 5.91. The number of aromatic nitrogens is 1. The van der Waals surface area contributed by atoms with Crippen LogP contribution in [0.1, 0.15) is 20.8 Å². The minimum atomic E-state index is -0.576. The first-order valence-electron chi connectivity index (χ1n) is 6.25. The lowest BCUT2D eigenvalue weighted by atomic mass is 10.1. The van der Waals surface area contributed by atoms with Crippen LogP contribution in [0.5, 0.6) is 0 Å². The third-order valence-electron chi connectivity index (χ3n) is 2.42. The Morgan fingerprint density at radius 3 is 2.71 bits per heavy atom. The Morgan fingerprint density at radius 1 is 1.43 bits per heavy atom. The van der Waals surface area contributed by atoms with Crippen LogP contribution in [0, 0.1) is 0 Å². The van der Waals surface area contributed by atoms with Crippen LogP contribution in [0.3, 0.4) is 0 Å². The van der Waals surface area contributed by atoms with Gasteiger partial charge in [0, 0.05) is 16.0 Å². The van der Waals surface area contributed by atoms with E-state index in [0.717, 1.165) is 5.56 Å². The van der Waals surface area contributed by atoms with Crippen LogP contribution >= 0.6 is 22.9 Å². The molecule has 0 aliphatic heterocycles. The maximum atomic E-state index is 11.9. The molecule has 0 saturated heterocycles. The molecule has 7 heteroatoms. The highest BCUT2D eigenvalue weighted by Crippen LogP contribution is 2.32. The first-order valence-corrected chi connectivity index (χ1v) is 7.51.